The van der Waals surface area contributed by atoms with E-state index in [9.17, 15) is 22.8 Å². The number of hydrogen-bond acceptors (Lipinski definition) is 6. The standard InChI is InChI=1S/C17H9Cl3F3N5O3/c1-31-16(30)10-14(26-13(20)12(19)25-10)27-15(29)9-6-24-28(11(9)17(21,22)23)8-4-2-7(18)3-5-8/h2-6H,1H3,(H,26,27,29). The van der Waals surface area contributed by atoms with Crippen molar-refractivity contribution in [1.29, 1.82) is 0 Å². The summed E-state index contributed by atoms with van der Waals surface area (Å²) < 4.78 is 46.4. The summed E-state index contributed by atoms with van der Waals surface area (Å²) in [4.78, 5) is 31.9. The largest absolute Gasteiger partial charge is 0.464 e. The second kappa shape index (κ2) is 8.69. The number of aromatic nitrogens is 4. The van der Waals surface area contributed by atoms with Crippen molar-refractivity contribution in [1.82, 2.24) is 19.7 Å². The maximum absolute atomic E-state index is 13.8. The van der Waals surface area contributed by atoms with Gasteiger partial charge in [-0.25, -0.2) is 19.4 Å². The minimum absolute atomic E-state index is 0.0142. The number of methoxy groups -OCH3 is 1. The lowest BCUT2D eigenvalue weighted by atomic mass is 10.2. The summed E-state index contributed by atoms with van der Waals surface area (Å²) in [6, 6.07) is 5.33. The van der Waals surface area contributed by atoms with Gasteiger partial charge < -0.3 is 10.1 Å². The Morgan fingerprint density at radius 3 is 2.26 bits per heavy atom. The second-order valence-electron chi connectivity index (χ2n) is 5.74. The second-order valence-corrected chi connectivity index (χ2v) is 6.89. The minimum atomic E-state index is -4.96. The summed E-state index contributed by atoms with van der Waals surface area (Å²) in [6.45, 7) is 0. The van der Waals surface area contributed by atoms with Crippen LogP contribution in [0.1, 0.15) is 26.5 Å². The molecule has 0 saturated carbocycles. The molecule has 14 heteroatoms. The van der Waals surface area contributed by atoms with E-state index in [2.05, 4.69) is 25.1 Å². The fourth-order valence-corrected chi connectivity index (χ4v) is 2.84. The molecular formula is C17H9Cl3F3N5O3. The molecule has 2 aromatic heterocycles. The van der Waals surface area contributed by atoms with Crippen LogP contribution in [0.15, 0.2) is 30.5 Å². The normalized spacial score (nSPS) is 11.3. The molecular weight excluding hydrogens is 486 g/mol. The van der Waals surface area contributed by atoms with Gasteiger partial charge in [0.05, 0.1) is 24.6 Å². The van der Waals surface area contributed by atoms with Gasteiger partial charge in [-0.2, -0.15) is 18.3 Å². The van der Waals surface area contributed by atoms with Crippen molar-refractivity contribution >= 4 is 52.5 Å². The van der Waals surface area contributed by atoms with E-state index in [-0.39, 0.29) is 10.8 Å². The summed E-state index contributed by atoms with van der Waals surface area (Å²) in [6.07, 6.45) is -4.24. The van der Waals surface area contributed by atoms with Gasteiger partial charge in [0.2, 0.25) is 0 Å². The molecule has 1 aromatic carbocycles. The Morgan fingerprint density at radius 2 is 1.68 bits per heavy atom. The lowest BCUT2D eigenvalue weighted by molar-refractivity contribution is -0.143. The number of carbonyl (C=O) groups excluding carboxylic acids is 2. The van der Waals surface area contributed by atoms with Gasteiger partial charge in [0.15, 0.2) is 27.5 Å². The van der Waals surface area contributed by atoms with Crippen molar-refractivity contribution in [2.75, 3.05) is 12.4 Å². The first-order valence-electron chi connectivity index (χ1n) is 8.06. The highest BCUT2D eigenvalue weighted by Crippen LogP contribution is 2.34. The third kappa shape index (κ3) is 4.73. The topological polar surface area (TPSA) is 99.0 Å². The maximum Gasteiger partial charge on any atom is 0.434 e. The number of anilines is 1. The molecule has 0 bridgehead atoms. The SMILES string of the molecule is COC(=O)c1nc(Cl)c(Cl)nc1NC(=O)c1cnn(-c2ccc(Cl)cc2)c1C(F)(F)F. The number of ether oxygens (including phenoxy) is 1. The number of esters is 1. The van der Waals surface area contributed by atoms with Crippen LogP contribution < -0.4 is 5.32 Å². The molecule has 162 valence electrons. The molecule has 0 unspecified atom stereocenters. The number of carbonyl (C=O) groups is 2. The quantitative estimate of drug-likeness (QED) is 0.529. The molecule has 0 spiro atoms. The van der Waals surface area contributed by atoms with E-state index in [1.54, 1.807) is 0 Å². The summed E-state index contributed by atoms with van der Waals surface area (Å²) in [5.41, 5.74) is -2.74. The molecule has 0 aliphatic carbocycles. The van der Waals surface area contributed by atoms with E-state index >= 15 is 0 Å². The summed E-state index contributed by atoms with van der Waals surface area (Å²) >= 11 is 17.2. The van der Waals surface area contributed by atoms with E-state index in [0.29, 0.717) is 9.70 Å². The van der Waals surface area contributed by atoms with Crippen molar-refractivity contribution in [3.8, 4) is 5.69 Å². The van der Waals surface area contributed by atoms with Crippen LogP contribution in [0.4, 0.5) is 19.0 Å². The number of hydrogen-bond donors (Lipinski definition) is 1. The maximum atomic E-state index is 13.8. The highest BCUT2D eigenvalue weighted by atomic mass is 35.5. The van der Waals surface area contributed by atoms with Gasteiger partial charge >= 0.3 is 12.1 Å². The van der Waals surface area contributed by atoms with Crippen LogP contribution >= 0.6 is 34.8 Å². The van der Waals surface area contributed by atoms with Gasteiger partial charge in [0.25, 0.3) is 5.91 Å². The molecule has 0 fully saturated rings. The molecule has 1 amide bonds. The number of alkyl halides is 3. The van der Waals surface area contributed by atoms with Gasteiger partial charge in [0, 0.05) is 5.02 Å². The van der Waals surface area contributed by atoms with Crippen LogP contribution in [0.3, 0.4) is 0 Å². The zero-order chi connectivity index (χ0) is 22.9. The molecule has 3 rings (SSSR count). The van der Waals surface area contributed by atoms with E-state index in [4.69, 9.17) is 34.8 Å². The lowest BCUT2D eigenvalue weighted by Crippen LogP contribution is -2.22. The Bertz CT molecular complexity index is 1170. The zero-order valence-electron chi connectivity index (χ0n) is 15.2. The Hall–Kier alpha value is -2.89. The van der Waals surface area contributed by atoms with Crippen molar-refractivity contribution in [2.45, 2.75) is 6.18 Å². The van der Waals surface area contributed by atoms with Crippen LogP contribution in [0.25, 0.3) is 5.69 Å². The number of benzene rings is 1. The fraction of sp³-hybridized carbons (Fsp3) is 0.118. The molecule has 0 radical (unpaired) electrons. The van der Waals surface area contributed by atoms with Gasteiger partial charge in [-0.05, 0) is 24.3 Å². The third-order valence-electron chi connectivity index (χ3n) is 3.78. The molecule has 3 aromatic rings. The van der Waals surface area contributed by atoms with Crippen LogP contribution in [-0.4, -0.2) is 38.7 Å². The molecule has 31 heavy (non-hydrogen) atoms. The van der Waals surface area contributed by atoms with E-state index in [1.165, 1.54) is 24.3 Å². The molecule has 1 N–H and O–H groups in total. The lowest BCUT2D eigenvalue weighted by Gasteiger charge is -2.13. The first-order chi connectivity index (χ1) is 14.5. The molecule has 2 heterocycles. The van der Waals surface area contributed by atoms with Crippen molar-refractivity contribution in [3.63, 3.8) is 0 Å². The Labute approximate surface area is 186 Å². The van der Waals surface area contributed by atoms with Gasteiger partial charge in [-0.1, -0.05) is 34.8 Å². The van der Waals surface area contributed by atoms with E-state index < -0.39 is 46.0 Å². The minimum Gasteiger partial charge on any atom is -0.464 e. The van der Waals surface area contributed by atoms with Crippen LogP contribution in [0.2, 0.25) is 15.3 Å². The van der Waals surface area contributed by atoms with Crippen molar-refractivity contribution in [3.05, 3.63) is 62.7 Å². The highest BCUT2D eigenvalue weighted by molar-refractivity contribution is 6.40. The summed E-state index contributed by atoms with van der Waals surface area (Å²) in [5, 5.41) is 5.28. The monoisotopic (exact) mass is 493 g/mol. The number of rotatable bonds is 4. The van der Waals surface area contributed by atoms with Crippen LogP contribution in [0.5, 0.6) is 0 Å². The third-order valence-corrected chi connectivity index (χ3v) is 4.65. The molecule has 8 nitrogen and oxygen atoms in total. The highest BCUT2D eigenvalue weighted by Gasteiger charge is 2.41. The Morgan fingerprint density at radius 1 is 1.06 bits per heavy atom. The van der Waals surface area contributed by atoms with Crippen LogP contribution in [-0.2, 0) is 10.9 Å². The molecule has 0 atom stereocenters. The summed E-state index contributed by atoms with van der Waals surface area (Å²) in [7, 11) is 1.02. The predicted octanol–water partition coefficient (Wildman–Crippen LogP) is 4.68. The molecule has 0 saturated heterocycles. The molecule has 0 aliphatic heterocycles. The first kappa shape index (κ1) is 22.8. The Kier molecular flexibility index (Phi) is 6.39. The molecule has 0 aliphatic rings. The Balaban J connectivity index is 2.07. The number of nitrogens with zero attached hydrogens (tertiary/aromatic N) is 4. The van der Waals surface area contributed by atoms with Crippen molar-refractivity contribution in [2.24, 2.45) is 0 Å². The smallest absolute Gasteiger partial charge is 0.434 e. The average molecular weight is 495 g/mol. The average Bonchev–Trinajstić information content (AvgIpc) is 3.16. The van der Waals surface area contributed by atoms with Crippen LogP contribution in [0, 0.1) is 0 Å². The van der Waals surface area contributed by atoms with Gasteiger partial charge in [-0.3, -0.25) is 4.79 Å². The summed E-state index contributed by atoms with van der Waals surface area (Å²) in [5.74, 6) is -2.86. The van der Waals surface area contributed by atoms with E-state index in [0.717, 1.165) is 13.3 Å². The number of amides is 1. The first-order valence-corrected chi connectivity index (χ1v) is 9.20. The number of halogens is 6. The van der Waals surface area contributed by atoms with Crippen molar-refractivity contribution < 1.29 is 27.5 Å². The van der Waals surface area contributed by atoms with Gasteiger partial charge in [-0.15, -0.1) is 0 Å². The van der Waals surface area contributed by atoms with Gasteiger partial charge in [0.1, 0.15) is 0 Å². The predicted molar refractivity (Wildman–Crippen MR) is 105 cm³/mol. The number of nitrogens with one attached hydrogen (secondary N) is 1. The zero-order valence-corrected chi connectivity index (χ0v) is 17.4. The van der Waals surface area contributed by atoms with E-state index in [1.807, 2.05) is 0 Å². The fourth-order valence-electron chi connectivity index (χ4n) is 2.46.